The van der Waals surface area contributed by atoms with Crippen LogP contribution < -0.4 is 0 Å². The third-order valence-electron chi connectivity index (χ3n) is 4.10. The van der Waals surface area contributed by atoms with Gasteiger partial charge in [0.25, 0.3) is 0 Å². The Bertz CT molecular complexity index is 956. The minimum atomic E-state index is 0.0788. The zero-order valence-corrected chi connectivity index (χ0v) is 14.8. The van der Waals surface area contributed by atoms with E-state index in [2.05, 4.69) is 43.6 Å². The Morgan fingerprint density at radius 2 is 1.84 bits per heavy atom. The van der Waals surface area contributed by atoms with Crippen LogP contribution in [0, 0.1) is 6.92 Å². The first-order chi connectivity index (χ1) is 12.2. The smallest absolute Gasteiger partial charge is 0.169 e. The molecule has 0 aliphatic rings. The molecule has 124 valence electrons. The van der Waals surface area contributed by atoms with Gasteiger partial charge in [0, 0.05) is 31.0 Å². The number of aryl methyl sites for hydroxylation is 1. The van der Waals surface area contributed by atoms with Crippen molar-refractivity contribution < 1.29 is 0 Å². The van der Waals surface area contributed by atoms with E-state index in [1.54, 1.807) is 17.5 Å². The van der Waals surface area contributed by atoms with Crippen molar-refractivity contribution in [3.8, 4) is 22.1 Å². The predicted molar refractivity (Wildman–Crippen MR) is 99.4 cm³/mol. The minimum absolute atomic E-state index is 0.0788. The zero-order chi connectivity index (χ0) is 17.2. The number of pyridine rings is 1. The summed E-state index contributed by atoms with van der Waals surface area (Å²) in [7, 11) is 0. The zero-order valence-electron chi connectivity index (χ0n) is 14.0. The number of rotatable bonds is 4. The maximum atomic E-state index is 4.54. The molecule has 25 heavy (non-hydrogen) atoms. The highest BCUT2D eigenvalue weighted by Gasteiger charge is 2.15. The van der Waals surface area contributed by atoms with Gasteiger partial charge in [-0.15, -0.1) is 11.3 Å². The summed E-state index contributed by atoms with van der Waals surface area (Å²) >= 11 is 1.63. The third kappa shape index (κ3) is 3.08. The fraction of sp³-hybridized carbons (Fsp3) is 0.158. The number of hydrogen-bond acceptors (Lipinski definition) is 5. The van der Waals surface area contributed by atoms with E-state index in [1.165, 1.54) is 0 Å². The van der Waals surface area contributed by atoms with E-state index in [1.807, 2.05) is 49.2 Å². The van der Waals surface area contributed by atoms with Gasteiger partial charge in [0.2, 0.25) is 0 Å². The highest BCUT2D eigenvalue weighted by atomic mass is 32.1. The second-order valence-electron chi connectivity index (χ2n) is 5.87. The van der Waals surface area contributed by atoms with Crippen LogP contribution in [0.1, 0.15) is 24.2 Å². The molecule has 4 heterocycles. The molecule has 4 aromatic heterocycles. The summed E-state index contributed by atoms with van der Waals surface area (Å²) in [6.45, 7) is 4.15. The fourth-order valence-electron chi connectivity index (χ4n) is 2.69. The molecule has 0 N–H and O–H groups in total. The summed E-state index contributed by atoms with van der Waals surface area (Å²) in [5.41, 5.74) is 3.05. The van der Waals surface area contributed by atoms with Crippen LogP contribution in [-0.4, -0.2) is 24.5 Å². The molecular formula is C19H17N5S. The van der Waals surface area contributed by atoms with Gasteiger partial charge in [-0.2, -0.15) is 0 Å². The highest BCUT2D eigenvalue weighted by molar-refractivity contribution is 7.13. The van der Waals surface area contributed by atoms with Crippen molar-refractivity contribution in [2.24, 2.45) is 0 Å². The van der Waals surface area contributed by atoms with Gasteiger partial charge in [-0.25, -0.2) is 15.0 Å². The largest absolute Gasteiger partial charge is 0.322 e. The summed E-state index contributed by atoms with van der Waals surface area (Å²) in [5.74, 6) is 1.58. The first-order valence-electron chi connectivity index (χ1n) is 8.04. The Balaban J connectivity index is 1.66. The Morgan fingerprint density at radius 3 is 2.52 bits per heavy atom. The third-order valence-corrected chi connectivity index (χ3v) is 4.97. The van der Waals surface area contributed by atoms with Crippen molar-refractivity contribution in [1.82, 2.24) is 24.5 Å². The number of aromatic nitrogens is 5. The minimum Gasteiger partial charge on any atom is -0.322 e. The highest BCUT2D eigenvalue weighted by Crippen LogP contribution is 2.26. The summed E-state index contributed by atoms with van der Waals surface area (Å²) in [6, 6.07) is 8.23. The van der Waals surface area contributed by atoms with Gasteiger partial charge in [0.05, 0.1) is 22.2 Å². The lowest BCUT2D eigenvalue weighted by molar-refractivity contribution is 0.626. The summed E-state index contributed by atoms with van der Waals surface area (Å²) in [6.07, 6.45) is 9.32. The van der Waals surface area contributed by atoms with Crippen molar-refractivity contribution in [2.75, 3.05) is 0 Å². The van der Waals surface area contributed by atoms with Gasteiger partial charge >= 0.3 is 0 Å². The van der Waals surface area contributed by atoms with Crippen molar-refractivity contribution in [2.45, 2.75) is 19.9 Å². The molecule has 0 saturated heterocycles. The quantitative estimate of drug-likeness (QED) is 0.550. The molecule has 1 unspecified atom stereocenters. The van der Waals surface area contributed by atoms with Crippen molar-refractivity contribution in [3.63, 3.8) is 0 Å². The molecule has 0 amide bonds. The topological polar surface area (TPSA) is 56.5 Å². The van der Waals surface area contributed by atoms with E-state index in [-0.39, 0.29) is 6.04 Å². The summed E-state index contributed by atoms with van der Waals surface area (Å²) in [5, 5.41) is 2.02. The molecule has 6 heteroatoms. The lowest BCUT2D eigenvalue weighted by Crippen LogP contribution is -2.09. The van der Waals surface area contributed by atoms with Crippen LogP contribution >= 0.6 is 11.3 Å². The number of imidazole rings is 1. The molecule has 0 aliphatic heterocycles. The van der Waals surface area contributed by atoms with Crippen LogP contribution in [-0.2, 0) is 0 Å². The molecule has 1 atom stereocenters. The summed E-state index contributed by atoms with van der Waals surface area (Å²) < 4.78 is 2.10. The first-order valence-corrected chi connectivity index (χ1v) is 8.92. The molecular weight excluding hydrogens is 330 g/mol. The molecule has 4 rings (SSSR count). The first kappa shape index (κ1) is 15.7. The van der Waals surface area contributed by atoms with Crippen molar-refractivity contribution in [1.29, 1.82) is 0 Å². The van der Waals surface area contributed by atoms with Gasteiger partial charge in [0.1, 0.15) is 5.82 Å². The normalized spacial score (nSPS) is 12.2. The Kier molecular flexibility index (Phi) is 4.11. The van der Waals surface area contributed by atoms with Crippen LogP contribution in [0.15, 0.2) is 60.6 Å². The van der Waals surface area contributed by atoms with Gasteiger partial charge in [-0.05, 0) is 36.9 Å². The second-order valence-corrected chi connectivity index (χ2v) is 6.81. The predicted octanol–water partition coefficient (Wildman–Crippen LogP) is 4.38. The average Bonchev–Trinajstić information content (AvgIpc) is 3.34. The summed E-state index contributed by atoms with van der Waals surface area (Å²) in [4.78, 5) is 19.1. The van der Waals surface area contributed by atoms with E-state index < -0.39 is 0 Å². The molecule has 5 nitrogen and oxygen atoms in total. The fourth-order valence-corrected chi connectivity index (χ4v) is 3.37. The van der Waals surface area contributed by atoms with Crippen molar-refractivity contribution >= 4 is 11.3 Å². The van der Waals surface area contributed by atoms with Gasteiger partial charge in [-0.3, -0.25) is 4.98 Å². The molecule has 0 saturated carbocycles. The van der Waals surface area contributed by atoms with Crippen LogP contribution in [0.3, 0.4) is 0 Å². The van der Waals surface area contributed by atoms with Crippen molar-refractivity contribution in [3.05, 3.63) is 71.9 Å². The Morgan fingerprint density at radius 1 is 1.00 bits per heavy atom. The van der Waals surface area contributed by atoms with E-state index in [9.17, 15) is 0 Å². The number of nitrogens with zero attached hydrogens (tertiary/aromatic N) is 5. The number of thiophene rings is 1. The molecule has 0 aromatic carbocycles. The van der Waals surface area contributed by atoms with E-state index in [0.29, 0.717) is 0 Å². The lowest BCUT2D eigenvalue weighted by Gasteiger charge is -2.16. The molecule has 0 aliphatic carbocycles. The molecule has 0 bridgehead atoms. The second kappa shape index (κ2) is 6.57. The molecule has 0 spiro atoms. The average molecular weight is 347 g/mol. The van der Waals surface area contributed by atoms with Gasteiger partial charge in [-0.1, -0.05) is 12.1 Å². The lowest BCUT2D eigenvalue weighted by atomic mass is 10.1. The Hall–Kier alpha value is -2.86. The number of hydrogen-bond donors (Lipinski definition) is 0. The van der Waals surface area contributed by atoms with E-state index >= 15 is 0 Å². The van der Waals surface area contributed by atoms with E-state index in [0.717, 1.165) is 33.3 Å². The van der Waals surface area contributed by atoms with Gasteiger partial charge < -0.3 is 4.57 Å². The van der Waals surface area contributed by atoms with Gasteiger partial charge in [0.15, 0.2) is 5.82 Å². The van der Waals surface area contributed by atoms with Crippen LogP contribution in [0.25, 0.3) is 22.1 Å². The maximum absolute atomic E-state index is 4.54. The molecule has 4 aromatic rings. The van der Waals surface area contributed by atoms with Crippen LogP contribution in [0.5, 0.6) is 0 Å². The van der Waals surface area contributed by atoms with Crippen LogP contribution in [0.2, 0.25) is 0 Å². The van der Waals surface area contributed by atoms with Crippen LogP contribution in [0.4, 0.5) is 0 Å². The monoisotopic (exact) mass is 347 g/mol. The Labute approximate surface area is 150 Å². The molecule has 0 fully saturated rings. The molecule has 0 radical (unpaired) electrons. The van der Waals surface area contributed by atoms with E-state index in [4.69, 9.17) is 0 Å². The SMILES string of the molecule is Cc1ccc(C(C)n2ccnc2-c2cnc(-c3cccs3)nc2)nc1. The maximum Gasteiger partial charge on any atom is 0.169 e. The standard InChI is InChI=1S/C19H17N5S/c1-13-5-6-16(21-10-13)14(2)24-8-7-20-19(24)15-11-22-18(23-12-15)17-4-3-9-25-17/h3-12,14H,1-2H3.